The molecule has 0 bridgehead atoms. The van der Waals surface area contributed by atoms with Gasteiger partial charge in [0.15, 0.2) is 9.84 Å². The standard InChI is InChI=1S/C15H18N2O4S/c1-10-7-12-5-3-4-6-13(12)17(10)15(19)14-8-22(20,21)9-16(14)11(2)18/h3-6,10,14H,7-9H2,1-2H3. The van der Waals surface area contributed by atoms with Crippen molar-refractivity contribution in [3.8, 4) is 0 Å². The maximum Gasteiger partial charge on any atom is 0.251 e. The molecule has 2 aliphatic heterocycles. The third kappa shape index (κ3) is 2.39. The van der Waals surface area contributed by atoms with E-state index >= 15 is 0 Å². The minimum absolute atomic E-state index is 0.0398. The van der Waals surface area contributed by atoms with Crippen LogP contribution < -0.4 is 4.90 Å². The molecule has 22 heavy (non-hydrogen) atoms. The molecule has 1 fully saturated rings. The first-order valence-corrected chi connectivity index (χ1v) is 9.01. The average Bonchev–Trinajstić information content (AvgIpc) is 2.94. The summed E-state index contributed by atoms with van der Waals surface area (Å²) in [7, 11) is -3.40. The Kier molecular flexibility index (Phi) is 3.47. The Morgan fingerprint density at radius 2 is 1.91 bits per heavy atom. The highest BCUT2D eigenvalue weighted by atomic mass is 32.2. The van der Waals surface area contributed by atoms with Gasteiger partial charge in [-0.1, -0.05) is 18.2 Å². The van der Waals surface area contributed by atoms with Gasteiger partial charge in [-0.3, -0.25) is 9.59 Å². The molecule has 1 aromatic rings. The van der Waals surface area contributed by atoms with Crippen LogP contribution >= 0.6 is 0 Å². The maximum atomic E-state index is 12.9. The monoisotopic (exact) mass is 322 g/mol. The molecular weight excluding hydrogens is 304 g/mol. The van der Waals surface area contributed by atoms with Crippen LogP contribution in [0.2, 0.25) is 0 Å². The molecule has 1 saturated heterocycles. The van der Waals surface area contributed by atoms with Crippen molar-refractivity contribution in [3.63, 3.8) is 0 Å². The summed E-state index contributed by atoms with van der Waals surface area (Å²) in [6.07, 6.45) is 0.738. The highest BCUT2D eigenvalue weighted by Gasteiger charge is 2.45. The fourth-order valence-electron chi connectivity index (χ4n) is 3.26. The molecule has 1 aromatic carbocycles. The zero-order valence-corrected chi connectivity index (χ0v) is 13.3. The summed E-state index contributed by atoms with van der Waals surface area (Å²) in [5.41, 5.74) is 1.88. The highest BCUT2D eigenvalue weighted by molar-refractivity contribution is 7.91. The number of benzene rings is 1. The molecule has 2 aliphatic rings. The van der Waals surface area contributed by atoms with E-state index in [0.717, 1.165) is 22.6 Å². The van der Waals surface area contributed by atoms with Crippen LogP contribution in [0.5, 0.6) is 0 Å². The van der Waals surface area contributed by atoms with Crippen LogP contribution in [0.3, 0.4) is 0 Å². The van der Waals surface area contributed by atoms with E-state index in [0.29, 0.717) is 0 Å². The summed E-state index contributed by atoms with van der Waals surface area (Å²) in [6.45, 7) is 3.22. The first-order chi connectivity index (χ1) is 10.3. The predicted molar refractivity (Wildman–Crippen MR) is 82.1 cm³/mol. The van der Waals surface area contributed by atoms with Gasteiger partial charge in [-0.2, -0.15) is 0 Å². The Labute approximate surface area is 129 Å². The van der Waals surface area contributed by atoms with E-state index in [1.807, 2.05) is 31.2 Å². The summed E-state index contributed by atoms with van der Waals surface area (Å²) in [6, 6.07) is 6.64. The Morgan fingerprint density at radius 3 is 2.59 bits per heavy atom. The molecule has 6 nitrogen and oxygen atoms in total. The number of fused-ring (bicyclic) bond motifs is 1. The fraction of sp³-hybridized carbons (Fsp3) is 0.467. The van der Waals surface area contributed by atoms with Crippen molar-refractivity contribution < 1.29 is 18.0 Å². The van der Waals surface area contributed by atoms with E-state index in [4.69, 9.17) is 0 Å². The van der Waals surface area contributed by atoms with Crippen molar-refractivity contribution >= 4 is 27.3 Å². The van der Waals surface area contributed by atoms with E-state index < -0.39 is 15.9 Å². The smallest absolute Gasteiger partial charge is 0.251 e. The predicted octanol–water partition coefficient (Wildman–Crippen LogP) is 0.567. The normalized spacial score (nSPS) is 26.1. The lowest BCUT2D eigenvalue weighted by Crippen LogP contribution is -2.50. The summed E-state index contributed by atoms with van der Waals surface area (Å²) in [5, 5.41) is 0. The van der Waals surface area contributed by atoms with Crippen molar-refractivity contribution in [1.29, 1.82) is 0 Å². The second kappa shape index (κ2) is 5.08. The fourth-order valence-corrected chi connectivity index (χ4v) is 4.96. The van der Waals surface area contributed by atoms with Gasteiger partial charge in [0.25, 0.3) is 5.91 Å². The van der Waals surface area contributed by atoms with Gasteiger partial charge in [0.1, 0.15) is 11.9 Å². The van der Waals surface area contributed by atoms with Crippen LogP contribution in [0.1, 0.15) is 19.4 Å². The molecule has 0 aliphatic carbocycles. The second-order valence-corrected chi connectivity index (χ2v) is 8.01. The summed E-state index contributed by atoms with van der Waals surface area (Å²) < 4.78 is 23.7. The highest BCUT2D eigenvalue weighted by Crippen LogP contribution is 2.33. The average molecular weight is 322 g/mol. The Hall–Kier alpha value is -1.89. The molecule has 0 N–H and O–H groups in total. The van der Waals surface area contributed by atoms with Crippen molar-refractivity contribution in [2.45, 2.75) is 32.4 Å². The number of carbonyl (C=O) groups is 2. The Bertz CT molecular complexity index is 744. The third-order valence-corrected chi connectivity index (χ3v) is 5.75. The number of anilines is 1. The van der Waals surface area contributed by atoms with Crippen molar-refractivity contribution in [1.82, 2.24) is 4.90 Å². The summed E-state index contributed by atoms with van der Waals surface area (Å²) in [4.78, 5) is 27.4. The molecule has 3 rings (SSSR count). The number of rotatable bonds is 1. The largest absolute Gasteiger partial charge is 0.315 e. The zero-order valence-electron chi connectivity index (χ0n) is 12.5. The lowest BCUT2D eigenvalue weighted by molar-refractivity contribution is -0.135. The van der Waals surface area contributed by atoms with Crippen LogP contribution in [0.15, 0.2) is 24.3 Å². The Balaban J connectivity index is 1.95. The van der Waals surface area contributed by atoms with Gasteiger partial charge in [-0.05, 0) is 25.0 Å². The molecule has 2 amide bonds. The van der Waals surface area contributed by atoms with Crippen LogP contribution in [-0.2, 0) is 25.8 Å². The zero-order chi connectivity index (χ0) is 16.1. The van der Waals surface area contributed by atoms with Gasteiger partial charge < -0.3 is 9.80 Å². The minimum Gasteiger partial charge on any atom is -0.315 e. The molecule has 0 aromatic heterocycles. The molecule has 2 unspecified atom stereocenters. The van der Waals surface area contributed by atoms with E-state index in [-0.39, 0.29) is 29.5 Å². The molecular formula is C15H18N2O4S. The number of para-hydroxylation sites is 1. The number of nitrogens with zero attached hydrogens (tertiary/aromatic N) is 2. The van der Waals surface area contributed by atoms with Crippen molar-refractivity contribution in [3.05, 3.63) is 29.8 Å². The minimum atomic E-state index is -3.40. The third-order valence-electron chi connectivity index (χ3n) is 4.26. The van der Waals surface area contributed by atoms with Gasteiger partial charge in [-0.25, -0.2) is 8.42 Å². The van der Waals surface area contributed by atoms with Crippen molar-refractivity contribution in [2.24, 2.45) is 0 Å². The number of sulfone groups is 1. The topological polar surface area (TPSA) is 74.8 Å². The lowest BCUT2D eigenvalue weighted by Gasteiger charge is -2.29. The van der Waals surface area contributed by atoms with Gasteiger partial charge in [-0.15, -0.1) is 0 Å². The number of amides is 2. The first kappa shape index (κ1) is 15.0. The molecule has 2 heterocycles. The van der Waals surface area contributed by atoms with Crippen LogP contribution in [0.25, 0.3) is 0 Å². The molecule has 7 heteroatoms. The van der Waals surface area contributed by atoms with Crippen LogP contribution in [0, 0.1) is 0 Å². The number of hydrogen-bond donors (Lipinski definition) is 0. The van der Waals surface area contributed by atoms with Gasteiger partial charge >= 0.3 is 0 Å². The maximum absolute atomic E-state index is 12.9. The van der Waals surface area contributed by atoms with Gasteiger partial charge in [0, 0.05) is 18.7 Å². The SMILES string of the molecule is CC(=O)N1CS(=O)(=O)CC1C(=O)N1c2ccccc2CC1C. The molecule has 0 saturated carbocycles. The van der Waals surface area contributed by atoms with E-state index in [2.05, 4.69) is 0 Å². The summed E-state index contributed by atoms with van der Waals surface area (Å²) >= 11 is 0. The van der Waals surface area contributed by atoms with E-state index in [1.165, 1.54) is 6.92 Å². The lowest BCUT2D eigenvalue weighted by atomic mass is 10.1. The molecule has 118 valence electrons. The van der Waals surface area contributed by atoms with Gasteiger partial charge in [0.2, 0.25) is 5.91 Å². The second-order valence-electron chi connectivity index (χ2n) is 5.93. The van der Waals surface area contributed by atoms with Crippen LogP contribution in [0.4, 0.5) is 5.69 Å². The quantitative estimate of drug-likeness (QED) is 0.757. The Morgan fingerprint density at radius 1 is 1.23 bits per heavy atom. The van der Waals surface area contributed by atoms with E-state index in [1.54, 1.807) is 4.90 Å². The number of carbonyl (C=O) groups excluding carboxylic acids is 2. The molecule has 0 spiro atoms. The van der Waals surface area contributed by atoms with Crippen molar-refractivity contribution in [2.75, 3.05) is 16.5 Å². The van der Waals surface area contributed by atoms with Gasteiger partial charge in [0.05, 0.1) is 5.75 Å². The molecule has 2 atom stereocenters. The van der Waals surface area contributed by atoms with E-state index in [9.17, 15) is 18.0 Å². The first-order valence-electron chi connectivity index (χ1n) is 7.19. The number of hydrogen-bond acceptors (Lipinski definition) is 4. The molecule has 0 radical (unpaired) electrons. The van der Waals surface area contributed by atoms with Crippen LogP contribution in [-0.4, -0.2) is 48.8 Å². The summed E-state index contributed by atoms with van der Waals surface area (Å²) in [5.74, 6) is -1.37.